The molecule has 2 saturated heterocycles. The first-order valence-corrected chi connectivity index (χ1v) is 9.30. The van der Waals surface area contributed by atoms with Crippen LogP contribution in [0.4, 0.5) is 5.69 Å². The van der Waals surface area contributed by atoms with Crippen molar-refractivity contribution in [2.75, 3.05) is 45.8 Å². The number of piperazine rings is 1. The second kappa shape index (κ2) is 10.4. The summed E-state index contributed by atoms with van der Waals surface area (Å²) in [5.41, 5.74) is 0.280. The molecule has 10 heteroatoms. The van der Waals surface area contributed by atoms with E-state index in [0.717, 1.165) is 45.7 Å². The molecule has 1 aromatic carbocycles. The first kappa shape index (κ1) is 22.1. The first-order valence-electron chi connectivity index (χ1n) is 9.30. The summed E-state index contributed by atoms with van der Waals surface area (Å²) in [6.45, 7) is 5.83. The van der Waals surface area contributed by atoms with Crippen molar-refractivity contribution >= 4 is 29.9 Å². The van der Waals surface area contributed by atoms with Gasteiger partial charge >= 0.3 is 0 Å². The summed E-state index contributed by atoms with van der Waals surface area (Å²) in [4.78, 5) is 38.9. The van der Waals surface area contributed by atoms with Crippen molar-refractivity contribution in [2.45, 2.75) is 18.9 Å². The molecule has 2 fully saturated rings. The Morgan fingerprint density at radius 2 is 1.86 bits per heavy atom. The summed E-state index contributed by atoms with van der Waals surface area (Å²) in [5.74, 6) is -0.283. The van der Waals surface area contributed by atoms with Crippen LogP contribution in [0.2, 0.25) is 0 Å². The highest BCUT2D eigenvalue weighted by atomic mass is 35.5. The summed E-state index contributed by atoms with van der Waals surface area (Å²) >= 11 is 0. The van der Waals surface area contributed by atoms with Crippen molar-refractivity contribution in [1.82, 2.24) is 20.4 Å². The molecule has 2 aliphatic heterocycles. The quantitative estimate of drug-likeness (QED) is 0.525. The fourth-order valence-corrected chi connectivity index (χ4v) is 3.59. The number of nitro groups is 1. The van der Waals surface area contributed by atoms with E-state index in [4.69, 9.17) is 0 Å². The number of carbonyl (C=O) groups excluding carboxylic acids is 2. The van der Waals surface area contributed by atoms with Crippen molar-refractivity contribution in [1.29, 1.82) is 0 Å². The average molecular weight is 412 g/mol. The van der Waals surface area contributed by atoms with Crippen molar-refractivity contribution < 1.29 is 14.5 Å². The topological polar surface area (TPSA) is 108 Å². The van der Waals surface area contributed by atoms with E-state index in [2.05, 4.69) is 15.5 Å². The molecule has 0 spiro atoms. The van der Waals surface area contributed by atoms with E-state index >= 15 is 0 Å². The molecule has 0 aromatic heterocycles. The van der Waals surface area contributed by atoms with Gasteiger partial charge in [0.2, 0.25) is 5.91 Å². The molecule has 2 aliphatic rings. The summed E-state index contributed by atoms with van der Waals surface area (Å²) in [5, 5.41) is 16.7. The molecule has 2 amide bonds. The zero-order chi connectivity index (χ0) is 19.2. The van der Waals surface area contributed by atoms with Gasteiger partial charge in [0.15, 0.2) is 0 Å². The highest BCUT2D eigenvalue weighted by molar-refractivity contribution is 5.94. The zero-order valence-electron chi connectivity index (χ0n) is 15.6. The Morgan fingerprint density at radius 1 is 1.18 bits per heavy atom. The van der Waals surface area contributed by atoms with Gasteiger partial charge in [-0.05, 0) is 18.6 Å². The molecule has 28 heavy (non-hydrogen) atoms. The van der Waals surface area contributed by atoms with E-state index < -0.39 is 4.92 Å². The van der Waals surface area contributed by atoms with Crippen LogP contribution in [0.25, 0.3) is 0 Å². The Morgan fingerprint density at radius 3 is 2.50 bits per heavy atom. The van der Waals surface area contributed by atoms with Gasteiger partial charge in [0.1, 0.15) is 0 Å². The van der Waals surface area contributed by atoms with Crippen LogP contribution in [0.5, 0.6) is 0 Å². The minimum absolute atomic E-state index is 0. The van der Waals surface area contributed by atoms with Gasteiger partial charge in [-0.2, -0.15) is 0 Å². The number of benzene rings is 1. The summed E-state index contributed by atoms with van der Waals surface area (Å²) < 4.78 is 0. The lowest BCUT2D eigenvalue weighted by Gasteiger charge is -2.32. The van der Waals surface area contributed by atoms with Gasteiger partial charge < -0.3 is 15.5 Å². The normalized spacial score (nSPS) is 19.7. The van der Waals surface area contributed by atoms with Gasteiger partial charge in [-0.15, -0.1) is 12.4 Å². The lowest BCUT2D eigenvalue weighted by molar-refractivity contribution is -0.384. The second-order valence-electron chi connectivity index (χ2n) is 6.88. The lowest BCUT2D eigenvalue weighted by Crippen LogP contribution is -2.49. The molecule has 0 bridgehead atoms. The molecular formula is C18H26ClN5O4. The number of nitrogens with zero attached hydrogens (tertiary/aromatic N) is 3. The maximum Gasteiger partial charge on any atom is 0.269 e. The molecule has 3 rings (SSSR count). The monoisotopic (exact) mass is 411 g/mol. The van der Waals surface area contributed by atoms with E-state index in [-0.39, 0.29) is 42.9 Å². The van der Waals surface area contributed by atoms with Gasteiger partial charge in [-0.3, -0.25) is 24.6 Å². The molecule has 2 heterocycles. The number of nitrogens with one attached hydrogen (secondary N) is 2. The van der Waals surface area contributed by atoms with Crippen LogP contribution in [0.1, 0.15) is 23.2 Å². The Kier molecular flexibility index (Phi) is 8.16. The van der Waals surface area contributed by atoms with Gasteiger partial charge in [0, 0.05) is 76.0 Å². The fourth-order valence-electron chi connectivity index (χ4n) is 3.59. The highest BCUT2D eigenvalue weighted by Gasteiger charge is 2.30. The summed E-state index contributed by atoms with van der Waals surface area (Å²) in [6.07, 6.45) is 1.26. The number of hydrogen-bond donors (Lipinski definition) is 2. The lowest BCUT2D eigenvalue weighted by atomic mass is 10.2. The van der Waals surface area contributed by atoms with E-state index in [1.54, 1.807) is 0 Å². The second-order valence-corrected chi connectivity index (χ2v) is 6.88. The van der Waals surface area contributed by atoms with Crippen LogP contribution in [0.3, 0.4) is 0 Å². The smallest absolute Gasteiger partial charge is 0.269 e. The number of likely N-dealkylation sites (tertiary alicyclic amines) is 1. The number of nitro benzene ring substituents is 1. The van der Waals surface area contributed by atoms with E-state index in [1.165, 1.54) is 24.3 Å². The predicted octanol–water partition coefficient (Wildman–Crippen LogP) is 0.643. The molecule has 0 aliphatic carbocycles. The maximum absolute atomic E-state index is 12.4. The SMILES string of the molecule is Cl.O=C(NCCC(=O)N1CCC(N2CCNCC2)C1)c1ccc([N+](=O)[O-])cc1. The average Bonchev–Trinajstić information content (AvgIpc) is 3.19. The number of carbonyl (C=O) groups is 2. The van der Waals surface area contributed by atoms with E-state index in [9.17, 15) is 19.7 Å². The predicted molar refractivity (Wildman–Crippen MR) is 107 cm³/mol. The van der Waals surface area contributed by atoms with Crippen molar-refractivity contribution in [3.8, 4) is 0 Å². The van der Waals surface area contributed by atoms with Gasteiger partial charge in [-0.1, -0.05) is 0 Å². The van der Waals surface area contributed by atoms with Crippen molar-refractivity contribution in [3.05, 3.63) is 39.9 Å². The van der Waals surface area contributed by atoms with Gasteiger partial charge in [-0.25, -0.2) is 0 Å². The fraction of sp³-hybridized carbons (Fsp3) is 0.556. The molecule has 1 atom stereocenters. The molecule has 1 unspecified atom stereocenters. The first-order chi connectivity index (χ1) is 13.0. The number of hydrogen-bond acceptors (Lipinski definition) is 6. The number of rotatable bonds is 6. The van der Waals surface area contributed by atoms with Crippen LogP contribution in [-0.4, -0.2) is 78.4 Å². The number of amides is 2. The Labute approximate surface area is 170 Å². The van der Waals surface area contributed by atoms with Crippen LogP contribution in [-0.2, 0) is 4.79 Å². The van der Waals surface area contributed by atoms with E-state index in [0.29, 0.717) is 11.6 Å². The van der Waals surface area contributed by atoms with Crippen LogP contribution < -0.4 is 10.6 Å². The Bertz CT molecular complexity index is 694. The van der Waals surface area contributed by atoms with Gasteiger partial charge in [0.05, 0.1) is 4.92 Å². The van der Waals surface area contributed by atoms with Crippen LogP contribution >= 0.6 is 12.4 Å². The van der Waals surface area contributed by atoms with Gasteiger partial charge in [0.25, 0.3) is 11.6 Å². The van der Waals surface area contributed by atoms with Crippen LogP contribution in [0, 0.1) is 10.1 Å². The third-order valence-corrected chi connectivity index (χ3v) is 5.15. The van der Waals surface area contributed by atoms with Crippen molar-refractivity contribution in [3.63, 3.8) is 0 Å². The zero-order valence-corrected chi connectivity index (χ0v) is 16.5. The molecule has 0 radical (unpaired) electrons. The van der Waals surface area contributed by atoms with Crippen molar-refractivity contribution in [2.24, 2.45) is 0 Å². The molecule has 2 N–H and O–H groups in total. The minimum Gasteiger partial charge on any atom is -0.352 e. The third kappa shape index (κ3) is 5.63. The number of halogens is 1. The molecule has 154 valence electrons. The molecule has 9 nitrogen and oxygen atoms in total. The van der Waals surface area contributed by atoms with E-state index in [1.807, 2.05) is 4.90 Å². The largest absolute Gasteiger partial charge is 0.352 e. The highest BCUT2D eigenvalue weighted by Crippen LogP contribution is 2.17. The summed E-state index contributed by atoms with van der Waals surface area (Å²) in [6, 6.07) is 5.84. The molecular weight excluding hydrogens is 386 g/mol. The standard InChI is InChI=1S/C18H25N5O4.ClH/c24-17(22-10-6-16(13-22)21-11-8-19-9-12-21)5-7-20-18(25)14-1-3-15(4-2-14)23(26)27;/h1-4,16,19H,5-13H2,(H,20,25);1H. The third-order valence-electron chi connectivity index (χ3n) is 5.15. The Balaban J connectivity index is 0.00000280. The Hall–Kier alpha value is -2.23. The summed E-state index contributed by atoms with van der Waals surface area (Å²) in [7, 11) is 0. The maximum atomic E-state index is 12.4. The van der Waals surface area contributed by atoms with Crippen LogP contribution in [0.15, 0.2) is 24.3 Å². The molecule has 1 aromatic rings. The minimum atomic E-state index is -0.510. The molecule has 0 saturated carbocycles. The number of non-ortho nitro benzene ring substituents is 1.